The fourth-order valence-corrected chi connectivity index (χ4v) is 3.13. The van der Waals surface area contributed by atoms with E-state index in [0.29, 0.717) is 0 Å². The number of aryl methyl sites for hydroxylation is 1. The van der Waals surface area contributed by atoms with Crippen molar-refractivity contribution in [3.05, 3.63) is 89.8 Å². The highest BCUT2D eigenvalue weighted by molar-refractivity contribution is 5.78. The number of ether oxygens (including phenoxy) is 1. The molecule has 134 valence electrons. The van der Waals surface area contributed by atoms with Crippen LogP contribution in [0.5, 0.6) is 5.75 Å². The zero-order chi connectivity index (χ0) is 18.6. The summed E-state index contributed by atoms with van der Waals surface area (Å²) < 4.78 is 11.5. The van der Waals surface area contributed by atoms with Gasteiger partial charge in [-0.3, -0.25) is 0 Å². The Morgan fingerprint density at radius 1 is 0.889 bits per heavy atom. The van der Waals surface area contributed by atoms with Gasteiger partial charge in [0.25, 0.3) is 0 Å². The van der Waals surface area contributed by atoms with Crippen LogP contribution in [-0.4, -0.2) is 7.11 Å². The predicted octanol–water partition coefficient (Wildman–Crippen LogP) is 3.98. The lowest BCUT2D eigenvalue weighted by atomic mass is 10.1. The number of methoxy groups -OCH3 is 1. The Labute approximate surface area is 158 Å². The number of hydrogen-bond acceptors (Lipinski definition) is 2. The molecule has 3 aromatic carbocycles. The lowest BCUT2D eigenvalue weighted by Gasteiger charge is -2.04. The Morgan fingerprint density at radius 3 is 2.37 bits per heavy atom. The summed E-state index contributed by atoms with van der Waals surface area (Å²) in [4.78, 5) is 3.54. The van der Waals surface area contributed by atoms with E-state index in [1.165, 1.54) is 5.56 Å². The molecule has 3 nitrogen and oxygen atoms in total. The Kier molecular flexibility index (Phi) is 4.75. The quantitative estimate of drug-likeness (QED) is 0.600. The van der Waals surface area contributed by atoms with Gasteiger partial charge < -0.3 is 9.15 Å². The van der Waals surface area contributed by atoms with Gasteiger partial charge in [0.05, 0.1) is 18.6 Å². The molecule has 1 heterocycles. The summed E-state index contributed by atoms with van der Waals surface area (Å²) in [5.74, 6) is 1.68. The molecule has 0 atom stereocenters. The van der Waals surface area contributed by atoms with Crippen LogP contribution in [-0.2, 0) is 6.42 Å². The van der Waals surface area contributed by atoms with Crippen molar-refractivity contribution in [3.63, 3.8) is 0 Å². The maximum atomic E-state index is 6.20. The van der Waals surface area contributed by atoms with E-state index in [1.807, 2.05) is 42.5 Å². The van der Waals surface area contributed by atoms with Crippen LogP contribution in [0.15, 0.2) is 83.3 Å². The van der Waals surface area contributed by atoms with Gasteiger partial charge in [-0.25, -0.2) is 4.99 Å². The van der Waals surface area contributed by atoms with Gasteiger partial charge in [0, 0.05) is 17.7 Å². The normalized spacial score (nSPS) is 11.7. The summed E-state index contributed by atoms with van der Waals surface area (Å²) in [7, 11) is 1.67. The number of nitrogens with one attached hydrogen (secondary N) is 1. The molecule has 0 unspecified atom stereocenters. The van der Waals surface area contributed by atoms with Crippen LogP contribution in [0, 0.1) is 0 Å². The Hall–Kier alpha value is -3.33. The predicted molar refractivity (Wildman–Crippen MR) is 108 cm³/mol. The summed E-state index contributed by atoms with van der Waals surface area (Å²) in [5, 5.41) is 2.10. The Morgan fingerprint density at radius 2 is 1.67 bits per heavy atom. The van der Waals surface area contributed by atoms with Crippen LogP contribution < -0.4 is 15.1 Å². The summed E-state index contributed by atoms with van der Waals surface area (Å²) >= 11 is 0. The largest absolute Gasteiger partial charge is 0.497 e. The molecule has 0 radical (unpaired) electrons. The molecule has 0 aliphatic carbocycles. The summed E-state index contributed by atoms with van der Waals surface area (Å²) in [5.41, 5.74) is 4.20. The number of rotatable bonds is 4. The second kappa shape index (κ2) is 7.50. The maximum Gasteiger partial charge on any atom is 0.218 e. The van der Waals surface area contributed by atoms with Gasteiger partial charge in [-0.05, 0) is 36.2 Å². The van der Waals surface area contributed by atoms with Crippen molar-refractivity contribution >= 4 is 16.7 Å². The van der Waals surface area contributed by atoms with Crippen molar-refractivity contribution in [1.82, 2.24) is 0 Å². The van der Waals surface area contributed by atoms with Gasteiger partial charge in [-0.2, -0.15) is 0 Å². The van der Waals surface area contributed by atoms with E-state index in [9.17, 15) is 0 Å². The summed E-state index contributed by atoms with van der Waals surface area (Å²) in [6, 6.07) is 26.5. The first-order chi connectivity index (χ1) is 13.3. The molecule has 3 heteroatoms. The first kappa shape index (κ1) is 17.1. The number of benzene rings is 3. The molecule has 27 heavy (non-hydrogen) atoms. The molecule has 0 fully saturated rings. The molecular formula is C24H22NO2+. The Balaban J connectivity index is 1.95. The van der Waals surface area contributed by atoms with Crippen LogP contribution >= 0.6 is 0 Å². The lowest BCUT2D eigenvalue weighted by molar-refractivity contribution is -0.400. The van der Waals surface area contributed by atoms with Crippen molar-refractivity contribution in [2.24, 2.45) is 0 Å². The van der Waals surface area contributed by atoms with Crippen LogP contribution in [0.2, 0.25) is 0 Å². The minimum atomic E-state index is 0.836. The molecule has 0 aliphatic heterocycles. The highest BCUT2D eigenvalue weighted by Gasteiger charge is 2.10. The van der Waals surface area contributed by atoms with Gasteiger partial charge in [-0.1, -0.05) is 43.3 Å². The first-order valence-electron chi connectivity index (χ1n) is 9.13. The van der Waals surface area contributed by atoms with E-state index in [4.69, 9.17) is 9.15 Å². The number of fused-ring (bicyclic) bond motifs is 1. The molecule has 4 rings (SSSR count). The summed E-state index contributed by atoms with van der Waals surface area (Å²) in [6.07, 6.45) is 0.984. The van der Waals surface area contributed by atoms with Gasteiger partial charge >= 0.3 is 0 Å². The van der Waals surface area contributed by atoms with Crippen LogP contribution in [0.3, 0.4) is 0 Å². The third kappa shape index (κ3) is 3.63. The van der Waals surface area contributed by atoms with E-state index in [-0.39, 0.29) is 0 Å². The smallest absolute Gasteiger partial charge is 0.218 e. The van der Waals surface area contributed by atoms with Crippen molar-refractivity contribution in [2.75, 3.05) is 7.11 Å². The molecule has 0 amide bonds. The fraction of sp³-hybridized carbons (Fsp3) is 0.125. The molecular weight excluding hydrogens is 334 g/mol. The molecule has 0 saturated heterocycles. The van der Waals surface area contributed by atoms with Crippen LogP contribution in [0.1, 0.15) is 12.5 Å². The second-order valence-corrected chi connectivity index (χ2v) is 6.43. The summed E-state index contributed by atoms with van der Waals surface area (Å²) in [6.45, 7) is 2.16. The molecule has 0 bridgehead atoms. The third-order valence-corrected chi connectivity index (χ3v) is 4.67. The van der Waals surface area contributed by atoms with Crippen LogP contribution in [0.4, 0.5) is 5.69 Å². The molecule has 0 saturated carbocycles. The standard InChI is InChI=1S/C24H21NO2/c1-3-17-9-14-23-21(15-17)22(25-19-10-12-20(26-2)13-11-19)16-24(27-23)18-7-5-4-6-8-18/h4-16H,3H2,1-2H3/p+1. The minimum absolute atomic E-state index is 0.836. The zero-order valence-corrected chi connectivity index (χ0v) is 15.5. The average molecular weight is 356 g/mol. The first-order valence-corrected chi connectivity index (χ1v) is 9.13. The molecule has 4 aromatic rings. The molecule has 1 aromatic heterocycles. The van der Waals surface area contributed by atoms with Crippen molar-refractivity contribution < 1.29 is 14.1 Å². The topological polar surface area (TPSA) is 36.3 Å². The third-order valence-electron chi connectivity index (χ3n) is 4.67. The molecule has 0 spiro atoms. The lowest BCUT2D eigenvalue weighted by Crippen LogP contribution is -2.70. The van der Waals surface area contributed by atoms with Crippen LogP contribution in [0.25, 0.3) is 22.3 Å². The number of hydrogen-bond donors (Lipinski definition) is 1. The van der Waals surface area contributed by atoms with E-state index < -0.39 is 0 Å². The van der Waals surface area contributed by atoms with E-state index >= 15 is 0 Å². The SMILES string of the molecule is CCc1ccc2oc(-c3ccccc3)cc(=[NH+]c3ccc(OC)cc3)c2c1. The monoisotopic (exact) mass is 356 g/mol. The molecule has 1 N–H and O–H groups in total. The highest BCUT2D eigenvalue weighted by Crippen LogP contribution is 2.22. The van der Waals surface area contributed by atoms with Gasteiger partial charge in [0.2, 0.25) is 11.0 Å². The Bertz CT molecular complexity index is 1130. The van der Waals surface area contributed by atoms with Crippen molar-refractivity contribution in [2.45, 2.75) is 13.3 Å². The fourth-order valence-electron chi connectivity index (χ4n) is 3.13. The maximum absolute atomic E-state index is 6.20. The van der Waals surface area contributed by atoms with Gasteiger partial charge in [0.1, 0.15) is 17.1 Å². The molecule has 0 aliphatic rings. The van der Waals surface area contributed by atoms with Gasteiger partial charge in [-0.15, -0.1) is 0 Å². The average Bonchev–Trinajstić information content (AvgIpc) is 2.74. The van der Waals surface area contributed by atoms with Crippen molar-refractivity contribution in [1.29, 1.82) is 0 Å². The van der Waals surface area contributed by atoms with E-state index in [1.54, 1.807) is 7.11 Å². The highest BCUT2D eigenvalue weighted by atomic mass is 16.5. The minimum Gasteiger partial charge on any atom is -0.497 e. The zero-order valence-electron chi connectivity index (χ0n) is 15.5. The van der Waals surface area contributed by atoms with E-state index in [2.05, 4.69) is 48.3 Å². The van der Waals surface area contributed by atoms with Gasteiger partial charge in [0.15, 0.2) is 0 Å². The second-order valence-electron chi connectivity index (χ2n) is 6.43. The van der Waals surface area contributed by atoms with Crippen molar-refractivity contribution in [3.8, 4) is 17.1 Å². The van der Waals surface area contributed by atoms with E-state index in [0.717, 1.165) is 45.5 Å².